The highest BCUT2D eigenvalue weighted by Gasteiger charge is 2.35. The molecule has 2 aromatic heterocycles. The molecule has 1 amide bonds. The lowest BCUT2D eigenvalue weighted by atomic mass is 9.92. The number of amides is 1. The van der Waals surface area contributed by atoms with Crippen molar-refractivity contribution in [3.05, 3.63) is 24.0 Å². The molecule has 0 aromatic carbocycles. The van der Waals surface area contributed by atoms with Gasteiger partial charge >= 0.3 is 0 Å². The molecule has 0 radical (unpaired) electrons. The van der Waals surface area contributed by atoms with Gasteiger partial charge in [0, 0.05) is 30.4 Å². The lowest BCUT2D eigenvalue weighted by molar-refractivity contribution is 0.0743. The first-order chi connectivity index (χ1) is 14.2. The van der Waals surface area contributed by atoms with E-state index in [-0.39, 0.29) is 18.2 Å². The predicted octanol–water partition coefficient (Wildman–Crippen LogP) is 3.72. The third-order valence-corrected chi connectivity index (χ3v) is 5.95. The number of hydrogen-bond acceptors (Lipinski definition) is 6. The summed E-state index contributed by atoms with van der Waals surface area (Å²) < 4.78 is 14.5. The lowest BCUT2D eigenvalue weighted by Crippen LogP contribution is -2.51. The molecule has 0 unspecified atom stereocenters. The Hall–Kier alpha value is -2.31. The molecule has 2 aliphatic rings. The van der Waals surface area contributed by atoms with Crippen molar-refractivity contribution in [3.63, 3.8) is 0 Å². The van der Waals surface area contributed by atoms with Gasteiger partial charge in [-0.05, 0) is 32.9 Å². The second kappa shape index (κ2) is 9.94. The maximum absolute atomic E-state index is 13.1. The average Bonchev–Trinajstić information content (AvgIpc) is 3.19. The first-order valence-electron chi connectivity index (χ1n) is 10.0. The number of pyridine rings is 1. The van der Waals surface area contributed by atoms with Crippen molar-refractivity contribution in [1.82, 2.24) is 19.2 Å². The van der Waals surface area contributed by atoms with E-state index in [1.54, 1.807) is 19.4 Å². The second-order valence-electron chi connectivity index (χ2n) is 7.22. The zero-order valence-electron chi connectivity index (χ0n) is 16.9. The highest BCUT2D eigenvalue weighted by molar-refractivity contribution is 7.92. The van der Waals surface area contributed by atoms with E-state index >= 15 is 0 Å². The Labute approximate surface area is 175 Å². The van der Waals surface area contributed by atoms with E-state index in [0.717, 1.165) is 23.9 Å². The van der Waals surface area contributed by atoms with Gasteiger partial charge in [0.05, 0.1) is 30.5 Å². The van der Waals surface area contributed by atoms with Crippen LogP contribution in [-0.4, -0.2) is 52.6 Å². The van der Waals surface area contributed by atoms with E-state index in [2.05, 4.69) is 15.2 Å². The summed E-state index contributed by atoms with van der Waals surface area (Å²) in [4.78, 5) is 21.3. The molecule has 4 rings (SSSR count). The molecule has 1 fully saturated rings. The van der Waals surface area contributed by atoms with Crippen LogP contribution in [0.4, 0.5) is 9.57 Å². The van der Waals surface area contributed by atoms with Gasteiger partial charge in [0.25, 0.3) is 5.91 Å². The Kier molecular flexibility index (Phi) is 7.34. The van der Waals surface area contributed by atoms with E-state index in [4.69, 9.17) is 5.26 Å². The first-order valence-corrected chi connectivity index (χ1v) is 10.7. The SMILES string of the molecule is CCN1CN(C2CCCCC2)c2c(cnc3c2ccn3SF)C1=O.CNCC#N. The van der Waals surface area contributed by atoms with Gasteiger partial charge in [0.2, 0.25) is 0 Å². The molecule has 7 nitrogen and oxygen atoms in total. The van der Waals surface area contributed by atoms with Gasteiger partial charge in [-0.25, -0.2) is 8.96 Å². The van der Waals surface area contributed by atoms with Crippen molar-refractivity contribution >= 4 is 35.0 Å². The molecule has 0 atom stereocenters. The highest BCUT2D eigenvalue weighted by Crippen LogP contribution is 2.39. The Morgan fingerprint density at radius 2 is 2.14 bits per heavy atom. The zero-order chi connectivity index (χ0) is 20.8. The fourth-order valence-electron chi connectivity index (χ4n) is 4.07. The van der Waals surface area contributed by atoms with Crippen molar-refractivity contribution in [2.24, 2.45) is 0 Å². The van der Waals surface area contributed by atoms with E-state index in [1.165, 1.54) is 23.2 Å². The summed E-state index contributed by atoms with van der Waals surface area (Å²) >= 11 is 0.139. The van der Waals surface area contributed by atoms with Crippen LogP contribution < -0.4 is 10.2 Å². The van der Waals surface area contributed by atoms with Gasteiger partial charge in [0.15, 0.2) is 18.0 Å². The van der Waals surface area contributed by atoms with Crippen LogP contribution in [0.25, 0.3) is 11.0 Å². The minimum absolute atomic E-state index is 0.0228. The number of nitrogens with zero attached hydrogens (tertiary/aromatic N) is 5. The molecule has 156 valence electrons. The van der Waals surface area contributed by atoms with E-state index in [9.17, 15) is 8.68 Å². The highest BCUT2D eigenvalue weighted by atomic mass is 32.2. The summed E-state index contributed by atoms with van der Waals surface area (Å²) in [6.45, 7) is 3.74. The Balaban J connectivity index is 0.000000431. The number of halogens is 1. The number of nitrogens with one attached hydrogen (secondary N) is 1. The van der Waals surface area contributed by atoms with Crippen molar-refractivity contribution in [2.45, 2.75) is 45.1 Å². The molecule has 29 heavy (non-hydrogen) atoms. The first kappa shape index (κ1) is 21.4. The quantitative estimate of drug-likeness (QED) is 0.763. The van der Waals surface area contributed by atoms with Crippen molar-refractivity contribution in [3.8, 4) is 6.07 Å². The number of carbonyl (C=O) groups excluding carboxylic acids is 1. The molecule has 0 bridgehead atoms. The smallest absolute Gasteiger partial charge is 0.258 e. The predicted molar refractivity (Wildman–Crippen MR) is 114 cm³/mol. The maximum atomic E-state index is 13.1. The largest absolute Gasteiger partial charge is 0.349 e. The van der Waals surface area contributed by atoms with Gasteiger partial charge in [-0.3, -0.25) is 4.79 Å². The Morgan fingerprint density at radius 3 is 2.72 bits per heavy atom. The zero-order valence-corrected chi connectivity index (χ0v) is 17.7. The Morgan fingerprint density at radius 1 is 1.38 bits per heavy atom. The molecule has 0 saturated heterocycles. The summed E-state index contributed by atoms with van der Waals surface area (Å²) in [6.07, 6.45) is 9.33. The molecule has 9 heteroatoms. The van der Waals surface area contributed by atoms with Crippen LogP contribution in [0.3, 0.4) is 0 Å². The molecule has 1 N–H and O–H groups in total. The molecule has 1 saturated carbocycles. The molecular formula is C20H27FN6OS. The van der Waals surface area contributed by atoms with Crippen LogP contribution in [-0.2, 0) is 0 Å². The summed E-state index contributed by atoms with van der Waals surface area (Å²) in [6, 6.07) is 4.22. The van der Waals surface area contributed by atoms with Gasteiger partial charge < -0.3 is 15.1 Å². The molecular weight excluding hydrogens is 391 g/mol. The van der Waals surface area contributed by atoms with Gasteiger partial charge in [-0.2, -0.15) is 5.26 Å². The minimum atomic E-state index is 0.0228. The normalized spacial score (nSPS) is 17.0. The molecule has 1 aliphatic carbocycles. The van der Waals surface area contributed by atoms with Crippen LogP contribution in [0.1, 0.15) is 49.4 Å². The van der Waals surface area contributed by atoms with Crippen LogP contribution in [0.5, 0.6) is 0 Å². The van der Waals surface area contributed by atoms with Crippen molar-refractivity contribution in [1.29, 1.82) is 5.26 Å². The number of carbonyl (C=O) groups is 1. The monoisotopic (exact) mass is 418 g/mol. The standard InChI is InChI=1S/C17H21FN4OS.C3H6N2/c1-2-20-11-21(12-6-4-3-5-7-12)15-13-8-9-22(24-18)16(13)19-10-14(15)17(20)23;1-5-3-2-4/h8-10,12H,2-7,11H2,1H3;5H,3H2,1H3. The van der Waals surface area contributed by atoms with Crippen LogP contribution in [0.15, 0.2) is 18.5 Å². The van der Waals surface area contributed by atoms with Crippen LogP contribution in [0, 0.1) is 11.3 Å². The summed E-state index contributed by atoms with van der Waals surface area (Å²) in [5.74, 6) is 0.0228. The number of rotatable bonds is 4. The molecule has 0 spiro atoms. The molecule has 3 heterocycles. The van der Waals surface area contributed by atoms with Crippen LogP contribution >= 0.6 is 12.3 Å². The summed E-state index contributed by atoms with van der Waals surface area (Å²) in [5.41, 5.74) is 2.16. The topological polar surface area (TPSA) is 77.2 Å². The number of nitriles is 1. The lowest BCUT2D eigenvalue weighted by Gasteiger charge is -2.43. The minimum Gasteiger partial charge on any atom is -0.349 e. The third kappa shape index (κ3) is 4.33. The third-order valence-electron chi connectivity index (χ3n) is 5.51. The maximum Gasteiger partial charge on any atom is 0.258 e. The van der Waals surface area contributed by atoms with Crippen LogP contribution in [0.2, 0.25) is 0 Å². The summed E-state index contributed by atoms with van der Waals surface area (Å²) in [7, 11) is 1.74. The van der Waals surface area contributed by atoms with E-state index in [0.29, 0.717) is 37.0 Å². The number of aromatic nitrogens is 2. The van der Waals surface area contributed by atoms with E-state index in [1.807, 2.05) is 24.0 Å². The fourth-order valence-corrected chi connectivity index (χ4v) is 4.39. The Bertz CT molecular complexity index is 889. The van der Waals surface area contributed by atoms with Gasteiger partial charge in [-0.15, -0.1) is 3.89 Å². The number of fused-ring (bicyclic) bond motifs is 3. The van der Waals surface area contributed by atoms with E-state index < -0.39 is 0 Å². The second-order valence-corrected chi connectivity index (χ2v) is 7.75. The molecule has 2 aromatic rings. The number of anilines is 1. The fraction of sp³-hybridized carbons (Fsp3) is 0.550. The van der Waals surface area contributed by atoms with Gasteiger partial charge in [0.1, 0.15) is 0 Å². The number of hydrogen-bond donors (Lipinski definition) is 1. The van der Waals surface area contributed by atoms with Crippen molar-refractivity contribution in [2.75, 3.05) is 31.7 Å². The van der Waals surface area contributed by atoms with Crippen molar-refractivity contribution < 1.29 is 8.68 Å². The molecule has 1 aliphatic heterocycles. The average molecular weight is 419 g/mol. The van der Waals surface area contributed by atoms with Gasteiger partial charge in [-0.1, -0.05) is 19.3 Å². The summed E-state index contributed by atoms with van der Waals surface area (Å²) in [5, 5.41) is 11.3.